The fraction of sp³-hybridized carbons (Fsp3) is 0.111. The summed E-state index contributed by atoms with van der Waals surface area (Å²) in [6.45, 7) is -0.512. The Labute approximate surface area is 74.8 Å². The number of carbonyl (C=O) groups is 2. The second kappa shape index (κ2) is 4.25. The summed E-state index contributed by atoms with van der Waals surface area (Å²) in [6.07, 6.45) is 0.659. The number of carbonyl (C=O) groups excluding carboxylic acids is 2. The maximum absolute atomic E-state index is 10.3. The van der Waals surface area contributed by atoms with Crippen LogP contribution >= 0.6 is 0 Å². The molecular formula is C9H7O4-. The Balaban J connectivity index is 2.66. The van der Waals surface area contributed by atoms with Crippen LogP contribution in [0.2, 0.25) is 0 Å². The molecule has 4 nitrogen and oxygen atoms in total. The first-order valence-corrected chi connectivity index (χ1v) is 3.60. The van der Waals surface area contributed by atoms with Crippen molar-refractivity contribution in [1.82, 2.24) is 0 Å². The van der Waals surface area contributed by atoms with Gasteiger partial charge in [0.15, 0.2) is 0 Å². The minimum absolute atomic E-state index is 0.341. The molecule has 0 amide bonds. The van der Waals surface area contributed by atoms with Crippen molar-refractivity contribution in [2.24, 2.45) is 0 Å². The van der Waals surface area contributed by atoms with E-state index in [4.69, 9.17) is 4.74 Å². The molecule has 0 spiro atoms. The van der Waals surface area contributed by atoms with Crippen LogP contribution in [0.4, 0.5) is 0 Å². The van der Waals surface area contributed by atoms with Gasteiger partial charge in [-0.15, -0.1) is 0 Å². The maximum atomic E-state index is 10.3. The van der Waals surface area contributed by atoms with Crippen LogP contribution in [0.1, 0.15) is 10.4 Å². The highest BCUT2D eigenvalue weighted by Gasteiger charge is 1.95. The van der Waals surface area contributed by atoms with Crippen molar-refractivity contribution in [2.45, 2.75) is 0 Å². The maximum Gasteiger partial charge on any atom is 0.150 e. The number of carboxylic acid groups (broad SMARTS) is 1. The monoisotopic (exact) mass is 179 g/mol. The second-order valence-electron chi connectivity index (χ2n) is 2.35. The quantitative estimate of drug-likeness (QED) is 0.591. The highest BCUT2D eigenvalue weighted by molar-refractivity contribution is 5.75. The Morgan fingerprint density at radius 1 is 1.54 bits per heavy atom. The van der Waals surface area contributed by atoms with Gasteiger partial charge in [-0.25, -0.2) is 0 Å². The molecule has 4 heteroatoms. The lowest BCUT2D eigenvalue weighted by atomic mass is 10.2. The number of rotatable bonds is 4. The average molecular weight is 179 g/mol. The Hall–Kier alpha value is -1.84. The third-order valence-corrected chi connectivity index (χ3v) is 1.35. The summed E-state index contributed by atoms with van der Waals surface area (Å²) in [5.74, 6) is -0.953. The summed E-state index contributed by atoms with van der Waals surface area (Å²) in [6, 6.07) is 6.22. The fourth-order valence-corrected chi connectivity index (χ4v) is 0.820. The van der Waals surface area contributed by atoms with Crippen LogP contribution in [0.5, 0.6) is 5.75 Å². The SMILES string of the molecule is O=Cc1cccc(OCC(=O)[O-])c1. The predicted octanol–water partition coefficient (Wildman–Crippen LogP) is -0.372. The van der Waals surface area contributed by atoms with E-state index in [1.54, 1.807) is 18.2 Å². The standard InChI is InChI=1S/C9H8O4/c10-5-7-2-1-3-8(4-7)13-6-9(11)12/h1-5H,6H2,(H,11,12)/p-1. The first-order chi connectivity index (χ1) is 6.22. The van der Waals surface area contributed by atoms with Gasteiger partial charge in [-0.2, -0.15) is 0 Å². The van der Waals surface area contributed by atoms with Crippen molar-refractivity contribution in [2.75, 3.05) is 6.61 Å². The molecule has 13 heavy (non-hydrogen) atoms. The smallest absolute Gasteiger partial charge is 0.150 e. The molecule has 0 heterocycles. The van der Waals surface area contributed by atoms with Gasteiger partial charge in [0.25, 0.3) is 0 Å². The molecule has 0 aromatic heterocycles. The van der Waals surface area contributed by atoms with E-state index in [0.717, 1.165) is 0 Å². The van der Waals surface area contributed by atoms with Gasteiger partial charge in [-0.1, -0.05) is 12.1 Å². The lowest BCUT2D eigenvalue weighted by molar-refractivity contribution is -0.307. The van der Waals surface area contributed by atoms with Gasteiger partial charge >= 0.3 is 0 Å². The van der Waals surface area contributed by atoms with E-state index < -0.39 is 12.6 Å². The zero-order chi connectivity index (χ0) is 9.68. The van der Waals surface area contributed by atoms with E-state index in [2.05, 4.69) is 0 Å². The Morgan fingerprint density at radius 2 is 2.31 bits per heavy atom. The van der Waals surface area contributed by atoms with Crippen molar-refractivity contribution < 1.29 is 19.4 Å². The summed E-state index contributed by atoms with van der Waals surface area (Å²) in [5, 5.41) is 10.0. The van der Waals surface area contributed by atoms with E-state index in [1.165, 1.54) is 6.07 Å². The molecule has 0 aliphatic heterocycles. The van der Waals surface area contributed by atoms with E-state index in [1.807, 2.05) is 0 Å². The van der Waals surface area contributed by atoms with Crippen molar-refractivity contribution >= 4 is 12.3 Å². The molecule has 0 unspecified atom stereocenters. The van der Waals surface area contributed by atoms with Crippen LogP contribution in [0.25, 0.3) is 0 Å². The highest BCUT2D eigenvalue weighted by Crippen LogP contribution is 2.11. The van der Waals surface area contributed by atoms with Crippen LogP contribution < -0.4 is 9.84 Å². The van der Waals surface area contributed by atoms with E-state index >= 15 is 0 Å². The first-order valence-electron chi connectivity index (χ1n) is 3.60. The van der Waals surface area contributed by atoms with Gasteiger partial charge < -0.3 is 14.6 Å². The van der Waals surface area contributed by atoms with Gasteiger partial charge in [-0.3, -0.25) is 4.79 Å². The molecule has 1 aromatic carbocycles. The lowest BCUT2D eigenvalue weighted by Gasteiger charge is -2.06. The number of ether oxygens (including phenoxy) is 1. The van der Waals surface area contributed by atoms with Crippen LogP contribution in [0.15, 0.2) is 24.3 Å². The minimum atomic E-state index is -1.29. The van der Waals surface area contributed by atoms with Gasteiger partial charge in [0.05, 0.1) is 5.97 Å². The normalized spacial score (nSPS) is 9.23. The zero-order valence-electron chi connectivity index (χ0n) is 6.73. The van der Waals surface area contributed by atoms with Gasteiger partial charge in [0.1, 0.15) is 18.6 Å². The van der Waals surface area contributed by atoms with Crippen molar-refractivity contribution in [3.05, 3.63) is 29.8 Å². The molecule has 0 N–H and O–H groups in total. The van der Waals surface area contributed by atoms with Crippen LogP contribution in [-0.4, -0.2) is 18.9 Å². The lowest BCUT2D eigenvalue weighted by Crippen LogP contribution is -2.28. The molecule has 0 radical (unpaired) electrons. The summed E-state index contributed by atoms with van der Waals surface area (Å²) < 4.78 is 4.79. The first kappa shape index (κ1) is 9.25. The number of hydrogen-bond donors (Lipinski definition) is 0. The number of aliphatic carboxylic acids is 1. The average Bonchev–Trinajstić information content (AvgIpc) is 2.15. The minimum Gasteiger partial charge on any atom is -0.546 e. The van der Waals surface area contributed by atoms with Crippen LogP contribution in [0.3, 0.4) is 0 Å². The van der Waals surface area contributed by atoms with Crippen molar-refractivity contribution in [3.8, 4) is 5.75 Å². The van der Waals surface area contributed by atoms with E-state index in [-0.39, 0.29) is 0 Å². The van der Waals surface area contributed by atoms with Crippen molar-refractivity contribution in [3.63, 3.8) is 0 Å². The fourth-order valence-electron chi connectivity index (χ4n) is 0.820. The molecule has 0 fully saturated rings. The topological polar surface area (TPSA) is 66.4 Å². The van der Waals surface area contributed by atoms with Crippen LogP contribution in [-0.2, 0) is 4.79 Å². The Morgan fingerprint density at radius 3 is 2.92 bits per heavy atom. The number of carboxylic acids is 1. The van der Waals surface area contributed by atoms with Crippen molar-refractivity contribution in [1.29, 1.82) is 0 Å². The number of benzene rings is 1. The van der Waals surface area contributed by atoms with E-state index in [9.17, 15) is 14.7 Å². The number of hydrogen-bond acceptors (Lipinski definition) is 4. The summed E-state index contributed by atoms with van der Waals surface area (Å²) in [4.78, 5) is 20.3. The van der Waals surface area contributed by atoms with Gasteiger partial charge in [0.2, 0.25) is 0 Å². The summed E-state index contributed by atoms with van der Waals surface area (Å²) in [7, 11) is 0. The largest absolute Gasteiger partial charge is 0.546 e. The van der Waals surface area contributed by atoms with Crippen LogP contribution in [0, 0.1) is 0 Å². The summed E-state index contributed by atoms with van der Waals surface area (Å²) >= 11 is 0. The molecule has 1 rings (SSSR count). The zero-order valence-corrected chi connectivity index (χ0v) is 6.73. The molecule has 0 atom stereocenters. The Kier molecular flexibility index (Phi) is 3.03. The van der Waals surface area contributed by atoms with E-state index in [0.29, 0.717) is 17.6 Å². The molecule has 0 saturated heterocycles. The molecule has 0 aliphatic carbocycles. The van der Waals surface area contributed by atoms with Gasteiger partial charge in [0, 0.05) is 5.56 Å². The molecule has 68 valence electrons. The molecule has 1 aromatic rings. The second-order valence-corrected chi connectivity index (χ2v) is 2.35. The predicted molar refractivity (Wildman–Crippen MR) is 42.3 cm³/mol. The highest BCUT2D eigenvalue weighted by atomic mass is 16.5. The molecule has 0 saturated carbocycles. The van der Waals surface area contributed by atoms with Gasteiger partial charge in [-0.05, 0) is 12.1 Å². The molecule has 0 bridgehead atoms. The summed E-state index contributed by atoms with van der Waals surface area (Å²) in [5.41, 5.74) is 0.441. The third kappa shape index (κ3) is 2.94. The number of aldehydes is 1. The Bertz CT molecular complexity index is 319. The molecular weight excluding hydrogens is 172 g/mol. The molecule has 0 aliphatic rings. The third-order valence-electron chi connectivity index (χ3n) is 1.35.